The Hall–Kier alpha value is -2.47. The predicted molar refractivity (Wildman–Crippen MR) is 120 cm³/mol. The number of piperidine rings is 1. The molecule has 0 unspecified atom stereocenters. The second kappa shape index (κ2) is 8.72. The van der Waals surface area contributed by atoms with Gasteiger partial charge in [0.05, 0.1) is 5.25 Å². The Balaban J connectivity index is 1.64. The second-order valence-electron chi connectivity index (χ2n) is 8.04. The number of halogens is 1. The van der Waals surface area contributed by atoms with E-state index in [4.69, 9.17) is 0 Å². The zero-order chi connectivity index (χ0) is 21.3. The smallest absolute Gasteiger partial charge is 0.236 e. The van der Waals surface area contributed by atoms with Crippen molar-refractivity contribution in [2.45, 2.75) is 62.4 Å². The number of likely N-dealkylation sites (tertiary alicyclic amines) is 1. The molecular formula is C24H26FN3OS. The van der Waals surface area contributed by atoms with Crippen LogP contribution in [-0.2, 0) is 4.79 Å². The molecule has 1 fully saturated rings. The van der Waals surface area contributed by atoms with Gasteiger partial charge < -0.3 is 4.90 Å². The van der Waals surface area contributed by atoms with E-state index in [2.05, 4.69) is 24.0 Å². The SMILES string of the molecule is C[C@@H]1CCC[C@@H](C)N1C(=O)[C@@H](C)Sc1nnc(-c2ccc(F)cc2)c2ccccc12. The minimum atomic E-state index is -0.281. The number of fused-ring (bicyclic) bond motifs is 1. The number of nitrogens with zero attached hydrogens (tertiary/aromatic N) is 3. The average molecular weight is 424 g/mol. The van der Waals surface area contributed by atoms with E-state index in [1.165, 1.54) is 30.3 Å². The van der Waals surface area contributed by atoms with Gasteiger partial charge in [0.2, 0.25) is 5.91 Å². The van der Waals surface area contributed by atoms with E-state index < -0.39 is 0 Å². The molecule has 156 valence electrons. The molecule has 2 aromatic carbocycles. The van der Waals surface area contributed by atoms with Crippen molar-refractivity contribution in [2.75, 3.05) is 0 Å². The van der Waals surface area contributed by atoms with Gasteiger partial charge in [0.15, 0.2) is 0 Å². The van der Waals surface area contributed by atoms with Gasteiger partial charge >= 0.3 is 0 Å². The van der Waals surface area contributed by atoms with Gasteiger partial charge in [-0.05, 0) is 64.3 Å². The van der Waals surface area contributed by atoms with Crippen molar-refractivity contribution in [1.29, 1.82) is 0 Å². The number of aromatic nitrogens is 2. The van der Waals surface area contributed by atoms with Crippen LogP contribution in [0.2, 0.25) is 0 Å². The van der Waals surface area contributed by atoms with Crippen LogP contribution in [0.25, 0.3) is 22.0 Å². The van der Waals surface area contributed by atoms with Crippen LogP contribution >= 0.6 is 11.8 Å². The minimum absolute atomic E-state index is 0.160. The zero-order valence-electron chi connectivity index (χ0n) is 17.5. The maximum Gasteiger partial charge on any atom is 0.236 e. The van der Waals surface area contributed by atoms with Crippen molar-refractivity contribution in [3.63, 3.8) is 0 Å². The highest BCUT2D eigenvalue weighted by atomic mass is 32.2. The van der Waals surface area contributed by atoms with E-state index in [1.54, 1.807) is 12.1 Å². The van der Waals surface area contributed by atoms with Crippen molar-refractivity contribution < 1.29 is 9.18 Å². The highest BCUT2D eigenvalue weighted by Gasteiger charge is 2.32. The van der Waals surface area contributed by atoms with Gasteiger partial charge in [-0.2, -0.15) is 0 Å². The molecule has 0 aliphatic carbocycles. The summed E-state index contributed by atoms with van der Waals surface area (Å²) in [5.41, 5.74) is 1.53. The fourth-order valence-electron chi connectivity index (χ4n) is 4.27. The number of carbonyl (C=O) groups excluding carboxylic acids is 1. The molecule has 3 atom stereocenters. The van der Waals surface area contributed by atoms with Crippen molar-refractivity contribution in [2.24, 2.45) is 0 Å². The highest BCUT2D eigenvalue weighted by Crippen LogP contribution is 2.35. The van der Waals surface area contributed by atoms with Crippen LogP contribution in [-0.4, -0.2) is 38.3 Å². The van der Waals surface area contributed by atoms with Crippen LogP contribution in [0.4, 0.5) is 4.39 Å². The molecule has 0 N–H and O–H groups in total. The maximum atomic E-state index is 13.3. The molecule has 2 heterocycles. The number of hydrogen-bond donors (Lipinski definition) is 0. The van der Waals surface area contributed by atoms with Gasteiger partial charge in [0.1, 0.15) is 16.5 Å². The third-order valence-corrected chi connectivity index (χ3v) is 6.94. The third-order valence-electron chi connectivity index (χ3n) is 5.86. The molecule has 1 amide bonds. The predicted octanol–water partition coefficient (Wildman–Crippen LogP) is 5.71. The van der Waals surface area contributed by atoms with Gasteiger partial charge in [0.25, 0.3) is 0 Å². The summed E-state index contributed by atoms with van der Waals surface area (Å²) in [4.78, 5) is 15.2. The summed E-state index contributed by atoms with van der Waals surface area (Å²) < 4.78 is 13.3. The van der Waals surface area contributed by atoms with Gasteiger partial charge in [-0.25, -0.2) is 4.39 Å². The summed E-state index contributed by atoms with van der Waals surface area (Å²) in [5.74, 6) is -0.120. The van der Waals surface area contributed by atoms with Crippen LogP contribution in [0.1, 0.15) is 40.0 Å². The van der Waals surface area contributed by atoms with Crippen molar-refractivity contribution >= 4 is 28.4 Å². The Morgan fingerprint density at radius 3 is 2.33 bits per heavy atom. The van der Waals surface area contributed by atoms with E-state index in [9.17, 15) is 9.18 Å². The molecule has 4 rings (SSSR count). The lowest BCUT2D eigenvalue weighted by Crippen LogP contribution is -2.50. The van der Waals surface area contributed by atoms with Crippen molar-refractivity contribution in [3.05, 3.63) is 54.3 Å². The van der Waals surface area contributed by atoms with E-state index in [1.807, 2.05) is 36.1 Å². The number of rotatable bonds is 4. The Kier molecular flexibility index (Phi) is 6.04. The van der Waals surface area contributed by atoms with Gasteiger partial charge in [-0.1, -0.05) is 36.0 Å². The molecular weight excluding hydrogens is 397 g/mol. The summed E-state index contributed by atoms with van der Waals surface area (Å²) in [6.07, 6.45) is 3.29. The topological polar surface area (TPSA) is 46.1 Å². The number of benzene rings is 2. The third kappa shape index (κ3) is 4.06. The first-order valence-corrected chi connectivity index (χ1v) is 11.3. The molecule has 4 nitrogen and oxygen atoms in total. The summed E-state index contributed by atoms with van der Waals surface area (Å²) in [6, 6.07) is 14.7. The lowest BCUT2D eigenvalue weighted by molar-refractivity contribution is -0.136. The maximum absolute atomic E-state index is 13.3. The Bertz CT molecular complexity index is 1050. The molecule has 0 bridgehead atoms. The summed E-state index contributed by atoms with van der Waals surface area (Å²) >= 11 is 1.46. The Morgan fingerprint density at radius 1 is 1.03 bits per heavy atom. The van der Waals surface area contributed by atoms with E-state index >= 15 is 0 Å². The summed E-state index contributed by atoms with van der Waals surface area (Å²) in [6.45, 7) is 6.22. The Labute approximate surface area is 180 Å². The number of amides is 1. The fourth-order valence-corrected chi connectivity index (χ4v) is 5.22. The van der Waals surface area contributed by atoms with E-state index in [-0.39, 0.29) is 29.1 Å². The van der Waals surface area contributed by atoms with Crippen molar-refractivity contribution in [3.8, 4) is 11.3 Å². The molecule has 3 aromatic rings. The fraction of sp³-hybridized carbons (Fsp3) is 0.375. The molecule has 0 radical (unpaired) electrons. The lowest BCUT2D eigenvalue weighted by atomic mass is 9.97. The number of carbonyl (C=O) groups is 1. The number of thioether (sulfide) groups is 1. The number of hydrogen-bond acceptors (Lipinski definition) is 4. The van der Waals surface area contributed by atoms with Crippen LogP contribution < -0.4 is 0 Å². The molecule has 1 aromatic heterocycles. The summed E-state index contributed by atoms with van der Waals surface area (Å²) in [7, 11) is 0. The molecule has 6 heteroatoms. The van der Waals surface area contributed by atoms with Gasteiger partial charge in [-0.15, -0.1) is 10.2 Å². The molecule has 1 saturated heterocycles. The molecule has 1 aliphatic rings. The quantitative estimate of drug-likeness (QED) is 0.505. The first-order chi connectivity index (χ1) is 14.5. The molecule has 0 spiro atoms. The van der Waals surface area contributed by atoms with Crippen molar-refractivity contribution in [1.82, 2.24) is 15.1 Å². The van der Waals surface area contributed by atoms with Crippen LogP contribution in [0.15, 0.2) is 53.6 Å². The Morgan fingerprint density at radius 2 is 1.67 bits per heavy atom. The summed E-state index contributed by atoms with van der Waals surface area (Å²) in [5, 5.41) is 11.3. The van der Waals surface area contributed by atoms with E-state index in [0.29, 0.717) is 5.69 Å². The zero-order valence-corrected chi connectivity index (χ0v) is 18.3. The molecule has 30 heavy (non-hydrogen) atoms. The first-order valence-electron chi connectivity index (χ1n) is 10.5. The van der Waals surface area contributed by atoms with E-state index in [0.717, 1.165) is 34.2 Å². The average Bonchev–Trinajstić information content (AvgIpc) is 2.74. The van der Waals surface area contributed by atoms with Crippen LogP contribution in [0.3, 0.4) is 0 Å². The monoisotopic (exact) mass is 423 g/mol. The van der Waals surface area contributed by atoms with Crippen LogP contribution in [0, 0.1) is 5.82 Å². The highest BCUT2D eigenvalue weighted by molar-refractivity contribution is 8.00. The minimum Gasteiger partial charge on any atom is -0.336 e. The second-order valence-corrected chi connectivity index (χ2v) is 9.37. The van der Waals surface area contributed by atoms with Crippen LogP contribution in [0.5, 0.6) is 0 Å². The van der Waals surface area contributed by atoms with Gasteiger partial charge in [-0.3, -0.25) is 4.79 Å². The lowest BCUT2D eigenvalue weighted by Gasteiger charge is -2.40. The largest absolute Gasteiger partial charge is 0.336 e. The van der Waals surface area contributed by atoms with Gasteiger partial charge in [0, 0.05) is 28.4 Å². The molecule has 0 saturated carbocycles. The molecule has 1 aliphatic heterocycles. The standard InChI is InChI=1S/C24H26FN3OS/c1-15-7-6-8-16(2)28(15)24(29)17(3)30-23-21-10-5-4-9-20(21)22(26-27-23)18-11-13-19(25)14-12-18/h4-5,9-17H,6-8H2,1-3H3/t15-,16-,17-/m1/s1. The normalized spacial score (nSPS) is 20.3. The first kappa shape index (κ1) is 20.8.